The number of nitrogens with zero attached hydrogens (tertiary/aromatic N) is 5. The number of rotatable bonds is 3. The fourth-order valence-electron chi connectivity index (χ4n) is 3.65. The van der Waals surface area contributed by atoms with Crippen molar-refractivity contribution in [2.75, 3.05) is 7.11 Å². The van der Waals surface area contributed by atoms with Crippen LogP contribution in [0.5, 0.6) is 5.88 Å². The summed E-state index contributed by atoms with van der Waals surface area (Å²) in [6, 6.07) is 10.2. The number of ether oxygens (including phenoxy) is 1. The van der Waals surface area contributed by atoms with E-state index >= 15 is 0 Å². The molecule has 5 rings (SSSR count). The van der Waals surface area contributed by atoms with E-state index in [-0.39, 0.29) is 0 Å². The van der Waals surface area contributed by atoms with Crippen molar-refractivity contribution in [1.82, 2.24) is 24.5 Å². The molecule has 0 amide bonds. The summed E-state index contributed by atoms with van der Waals surface area (Å²) in [5.74, 6) is 0.578. The Morgan fingerprint density at radius 3 is 2.79 bits per heavy atom. The number of imidazole rings is 1. The van der Waals surface area contributed by atoms with Crippen molar-refractivity contribution in [1.29, 1.82) is 0 Å². The lowest BCUT2D eigenvalue weighted by atomic mass is 10.0. The van der Waals surface area contributed by atoms with Crippen LogP contribution in [0, 0.1) is 6.92 Å². The van der Waals surface area contributed by atoms with E-state index < -0.39 is 0 Å². The Hall–Kier alpha value is -3.54. The van der Waals surface area contributed by atoms with Crippen molar-refractivity contribution in [2.45, 2.75) is 13.3 Å². The minimum absolute atomic E-state index is 0.578. The SMILES string of the molecule is COc1cc(-c2cnc3c(n2)C(c2ccc4ncn(C)c4c2)=CC3)cc(C)n1. The van der Waals surface area contributed by atoms with E-state index in [0.717, 1.165) is 56.9 Å². The maximum atomic E-state index is 5.31. The second-order valence-corrected chi connectivity index (χ2v) is 6.97. The highest BCUT2D eigenvalue weighted by Crippen LogP contribution is 2.33. The topological polar surface area (TPSA) is 65.7 Å². The number of allylic oxidation sites excluding steroid dienone is 1. The summed E-state index contributed by atoms with van der Waals surface area (Å²) in [5.41, 5.74) is 8.93. The van der Waals surface area contributed by atoms with Crippen LogP contribution in [0.25, 0.3) is 27.9 Å². The molecule has 3 heterocycles. The average molecular weight is 369 g/mol. The lowest BCUT2D eigenvalue weighted by Gasteiger charge is -2.09. The standard InChI is InChI=1S/C22H19N5O/c1-13-8-15(10-21(25-13)28-3)19-11-23-18-7-5-16(22(18)26-19)14-4-6-17-20(9-14)27(2)12-24-17/h4-6,8-12H,7H2,1-3H3. The summed E-state index contributed by atoms with van der Waals surface area (Å²) in [7, 11) is 3.63. The van der Waals surface area contributed by atoms with Gasteiger partial charge in [-0.3, -0.25) is 4.98 Å². The van der Waals surface area contributed by atoms with Crippen LogP contribution in [0.15, 0.2) is 48.9 Å². The molecule has 1 aliphatic rings. The Morgan fingerprint density at radius 1 is 1.04 bits per heavy atom. The van der Waals surface area contributed by atoms with Gasteiger partial charge in [-0.05, 0) is 30.7 Å². The Labute approximate surface area is 162 Å². The molecular formula is C22H19N5O. The van der Waals surface area contributed by atoms with Crippen molar-refractivity contribution >= 4 is 16.6 Å². The molecule has 0 bridgehead atoms. The number of aromatic nitrogens is 5. The van der Waals surface area contributed by atoms with Gasteiger partial charge in [-0.2, -0.15) is 0 Å². The van der Waals surface area contributed by atoms with Crippen LogP contribution in [0.4, 0.5) is 0 Å². The molecule has 0 fully saturated rings. The zero-order valence-electron chi connectivity index (χ0n) is 16.0. The molecule has 0 aliphatic heterocycles. The van der Waals surface area contributed by atoms with Gasteiger partial charge >= 0.3 is 0 Å². The second kappa shape index (κ2) is 6.27. The van der Waals surface area contributed by atoms with E-state index in [1.807, 2.05) is 43.2 Å². The van der Waals surface area contributed by atoms with Crippen LogP contribution in [-0.2, 0) is 13.5 Å². The molecule has 6 nitrogen and oxygen atoms in total. The van der Waals surface area contributed by atoms with E-state index in [0.29, 0.717) is 5.88 Å². The largest absolute Gasteiger partial charge is 0.481 e. The first-order valence-electron chi connectivity index (χ1n) is 9.13. The normalized spacial score (nSPS) is 12.9. The number of aryl methyl sites for hydroxylation is 2. The molecule has 6 heteroatoms. The van der Waals surface area contributed by atoms with Gasteiger partial charge in [0.15, 0.2) is 0 Å². The molecule has 3 aromatic heterocycles. The van der Waals surface area contributed by atoms with Crippen LogP contribution in [-0.4, -0.2) is 31.6 Å². The zero-order chi connectivity index (χ0) is 19.3. The summed E-state index contributed by atoms with van der Waals surface area (Å²) >= 11 is 0. The summed E-state index contributed by atoms with van der Waals surface area (Å²) in [4.78, 5) is 18.4. The molecule has 0 unspecified atom stereocenters. The summed E-state index contributed by atoms with van der Waals surface area (Å²) in [6.45, 7) is 1.95. The molecule has 0 radical (unpaired) electrons. The van der Waals surface area contributed by atoms with Gasteiger partial charge in [0.05, 0.1) is 47.7 Å². The van der Waals surface area contributed by atoms with Gasteiger partial charge in [0.1, 0.15) is 0 Å². The highest BCUT2D eigenvalue weighted by atomic mass is 16.5. The third kappa shape index (κ3) is 2.65. The predicted molar refractivity (Wildman–Crippen MR) is 108 cm³/mol. The fraction of sp³-hybridized carbons (Fsp3) is 0.182. The molecule has 0 atom stereocenters. The van der Waals surface area contributed by atoms with Gasteiger partial charge in [0.25, 0.3) is 0 Å². The van der Waals surface area contributed by atoms with E-state index in [1.54, 1.807) is 7.11 Å². The Bertz CT molecular complexity index is 1260. The summed E-state index contributed by atoms with van der Waals surface area (Å²) in [5, 5.41) is 0. The van der Waals surface area contributed by atoms with Gasteiger partial charge in [0, 0.05) is 36.4 Å². The molecule has 0 N–H and O–H groups in total. The van der Waals surface area contributed by atoms with Gasteiger partial charge < -0.3 is 9.30 Å². The maximum absolute atomic E-state index is 5.31. The van der Waals surface area contributed by atoms with E-state index in [1.165, 1.54) is 0 Å². The third-order valence-corrected chi connectivity index (χ3v) is 5.07. The van der Waals surface area contributed by atoms with Gasteiger partial charge in [-0.25, -0.2) is 15.0 Å². The Morgan fingerprint density at radius 2 is 1.93 bits per heavy atom. The van der Waals surface area contributed by atoms with Crippen molar-refractivity contribution in [2.24, 2.45) is 7.05 Å². The second-order valence-electron chi connectivity index (χ2n) is 6.97. The number of hydrogen-bond donors (Lipinski definition) is 0. The molecule has 0 saturated heterocycles. The zero-order valence-corrected chi connectivity index (χ0v) is 16.0. The molecule has 0 spiro atoms. The van der Waals surface area contributed by atoms with Crippen LogP contribution in [0.3, 0.4) is 0 Å². The van der Waals surface area contributed by atoms with Crippen LogP contribution >= 0.6 is 0 Å². The van der Waals surface area contributed by atoms with Crippen molar-refractivity contribution in [3.8, 4) is 17.1 Å². The van der Waals surface area contributed by atoms with Crippen molar-refractivity contribution in [3.63, 3.8) is 0 Å². The van der Waals surface area contributed by atoms with Crippen LogP contribution < -0.4 is 4.74 Å². The predicted octanol–water partition coefficient (Wildman–Crippen LogP) is 3.73. The quantitative estimate of drug-likeness (QED) is 0.550. The number of hydrogen-bond acceptors (Lipinski definition) is 5. The third-order valence-electron chi connectivity index (χ3n) is 5.07. The number of fused-ring (bicyclic) bond motifs is 2. The monoisotopic (exact) mass is 369 g/mol. The van der Waals surface area contributed by atoms with E-state index in [9.17, 15) is 0 Å². The molecule has 0 saturated carbocycles. The van der Waals surface area contributed by atoms with Gasteiger partial charge in [0.2, 0.25) is 5.88 Å². The lowest BCUT2D eigenvalue weighted by molar-refractivity contribution is 0.397. The van der Waals surface area contributed by atoms with Gasteiger partial charge in [-0.15, -0.1) is 0 Å². The minimum Gasteiger partial charge on any atom is -0.481 e. The van der Waals surface area contributed by atoms with Crippen LogP contribution in [0.2, 0.25) is 0 Å². The fourth-order valence-corrected chi connectivity index (χ4v) is 3.65. The first kappa shape index (κ1) is 16.6. The molecule has 1 aliphatic carbocycles. The summed E-state index contributed by atoms with van der Waals surface area (Å²) in [6.07, 6.45) is 6.65. The molecule has 138 valence electrons. The first-order valence-corrected chi connectivity index (χ1v) is 9.13. The highest BCUT2D eigenvalue weighted by molar-refractivity contribution is 5.88. The van der Waals surface area contributed by atoms with Gasteiger partial charge in [-0.1, -0.05) is 12.1 Å². The van der Waals surface area contributed by atoms with Crippen molar-refractivity contribution < 1.29 is 4.74 Å². The number of benzene rings is 1. The van der Waals surface area contributed by atoms with E-state index in [2.05, 4.69) is 39.2 Å². The summed E-state index contributed by atoms with van der Waals surface area (Å²) < 4.78 is 7.34. The number of methoxy groups -OCH3 is 1. The average Bonchev–Trinajstić information content (AvgIpc) is 3.30. The minimum atomic E-state index is 0.578. The Balaban J connectivity index is 1.60. The smallest absolute Gasteiger partial charge is 0.213 e. The lowest BCUT2D eigenvalue weighted by Crippen LogP contribution is -1.99. The van der Waals surface area contributed by atoms with Crippen LogP contribution in [0.1, 0.15) is 22.6 Å². The maximum Gasteiger partial charge on any atom is 0.213 e. The first-order chi connectivity index (χ1) is 13.6. The molecule has 1 aromatic carbocycles. The molecule has 28 heavy (non-hydrogen) atoms. The molecular weight excluding hydrogens is 350 g/mol. The Kier molecular flexibility index (Phi) is 3.72. The van der Waals surface area contributed by atoms with E-state index in [4.69, 9.17) is 9.72 Å². The number of pyridine rings is 1. The van der Waals surface area contributed by atoms with Crippen molar-refractivity contribution in [3.05, 3.63) is 71.6 Å². The highest BCUT2D eigenvalue weighted by Gasteiger charge is 2.20. The molecule has 4 aromatic rings.